The quantitative estimate of drug-likeness (QED) is 0.0349. The number of alkyl carbamates (subject to hydrolysis) is 3. The van der Waals surface area contributed by atoms with E-state index in [1.165, 1.54) is 26.7 Å². The van der Waals surface area contributed by atoms with Crippen molar-refractivity contribution in [2.24, 2.45) is 11.5 Å². The number of aryl methyl sites for hydroxylation is 1. The number of amides is 6. The lowest BCUT2D eigenvalue weighted by atomic mass is 10.0. The van der Waals surface area contributed by atoms with Crippen molar-refractivity contribution in [1.82, 2.24) is 46.9 Å². The summed E-state index contributed by atoms with van der Waals surface area (Å²) < 4.78 is 13.6. The molecule has 10 N–H and O–H groups in total. The summed E-state index contributed by atoms with van der Waals surface area (Å²) in [5, 5.41) is 24.0. The third kappa shape index (κ3) is 21.1. The minimum absolute atomic E-state index is 0.117. The molecular weight excluding hydrogens is 1370 g/mol. The molecule has 548 valence electrons. The molecule has 109 heavy (non-hydrogen) atoms. The molecule has 0 aliphatic rings. The summed E-state index contributed by atoms with van der Waals surface area (Å²) in [7, 11) is 4.00. The largest absolute Gasteiger partial charge is 0.453 e. The first kappa shape index (κ1) is 76.4. The van der Waals surface area contributed by atoms with Crippen molar-refractivity contribution < 1.29 is 43.0 Å². The van der Waals surface area contributed by atoms with Gasteiger partial charge in [-0.2, -0.15) is 0 Å². The maximum absolute atomic E-state index is 13.3. The van der Waals surface area contributed by atoms with E-state index in [-0.39, 0.29) is 17.7 Å². The number of hydrogen-bond donors (Lipinski definition) is 8. The Hall–Kier alpha value is -13.7. The molecule has 0 radical (unpaired) electrons. The van der Waals surface area contributed by atoms with Gasteiger partial charge in [-0.3, -0.25) is 19.4 Å². The molecule has 14 rings (SSSR count). The van der Waals surface area contributed by atoms with Gasteiger partial charge in [0.05, 0.1) is 66.0 Å². The first-order valence-electron chi connectivity index (χ1n) is 35.3. The highest BCUT2D eigenvalue weighted by molar-refractivity contribution is 6.09. The van der Waals surface area contributed by atoms with E-state index in [0.717, 1.165) is 122 Å². The first-order valence-corrected chi connectivity index (χ1v) is 35.3. The van der Waals surface area contributed by atoms with Crippen molar-refractivity contribution in [3.05, 3.63) is 340 Å². The van der Waals surface area contributed by atoms with Crippen molar-refractivity contribution in [3.8, 4) is 22.5 Å². The van der Waals surface area contributed by atoms with Gasteiger partial charge in [-0.25, -0.2) is 24.4 Å². The van der Waals surface area contributed by atoms with Crippen LogP contribution >= 0.6 is 0 Å². The molecule has 3 aromatic heterocycles. The van der Waals surface area contributed by atoms with Gasteiger partial charge in [-0.1, -0.05) is 224 Å². The van der Waals surface area contributed by atoms with Gasteiger partial charge in [0.2, 0.25) is 0 Å². The third-order valence-corrected chi connectivity index (χ3v) is 17.9. The number of rotatable bonds is 19. The molecule has 0 unspecified atom stereocenters. The first-order chi connectivity index (χ1) is 53.1. The maximum atomic E-state index is 13.3. The summed E-state index contributed by atoms with van der Waals surface area (Å²) in [5.74, 6) is -0.409. The summed E-state index contributed by atoms with van der Waals surface area (Å²) in [6.45, 7) is 5.40. The Morgan fingerprint density at radius 1 is 0.294 bits per heavy atom. The van der Waals surface area contributed by atoms with Gasteiger partial charge in [-0.15, -0.1) is 0 Å². The number of pyridine rings is 3. The Kier molecular flexibility index (Phi) is 26.5. The summed E-state index contributed by atoms with van der Waals surface area (Å²) in [4.78, 5) is 86.4. The topological polar surface area (TPSA) is 293 Å². The van der Waals surface area contributed by atoms with E-state index < -0.39 is 18.3 Å². The van der Waals surface area contributed by atoms with E-state index in [1.807, 2.05) is 219 Å². The third-order valence-electron chi connectivity index (χ3n) is 17.9. The summed E-state index contributed by atoms with van der Waals surface area (Å²) in [6, 6.07) is 88.6. The number of carbonyl (C=O) groups excluding carboxylic acids is 6. The number of aromatic nitrogens is 3. The van der Waals surface area contributed by atoms with Crippen molar-refractivity contribution in [3.63, 3.8) is 0 Å². The number of ether oxygens (including phenoxy) is 3. The number of nitrogens with one attached hydrogen (secondary N) is 6. The van der Waals surface area contributed by atoms with Crippen molar-refractivity contribution in [1.29, 1.82) is 0 Å². The molecule has 11 aromatic carbocycles. The predicted octanol–water partition coefficient (Wildman–Crippen LogP) is 15.6. The number of fused-ring (bicyclic) bond motifs is 5. The molecule has 0 fully saturated rings. The fourth-order valence-electron chi connectivity index (χ4n) is 11.9. The molecule has 0 atom stereocenters. The van der Waals surface area contributed by atoms with Crippen LogP contribution < -0.4 is 43.4 Å². The Morgan fingerprint density at radius 2 is 0.560 bits per heavy atom. The molecule has 6 amide bonds. The van der Waals surface area contributed by atoms with Crippen LogP contribution in [-0.4, -0.2) is 72.3 Å². The molecule has 0 saturated carbocycles. The van der Waals surface area contributed by atoms with Crippen molar-refractivity contribution >= 4 is 90.3 Å². The highest BCUT2D eigenvalue weighted by Gasteiger charge is 2.18. The lowest BCUT2D eigenvalue weighted by Gasteiger charge is -2.12. The van der Waals surface area contributed by atoms with Gasteiger partial charge in [0.1, 0.15) is 0 Å². The number of methoxy groups -OCH3 is 3. The van der Waals surface area contributed by atoms with Crippen LogP contribution in [0.5, 0.6) is 0 Å². The monoisotopic (exact) mass is 1450 g/mol. The van der Waals surface area contributed by atoms with Crippen LogP contribution in [0.3, 0.4) is 0 Å². The number of nitrogens with zero attached hydrogens (tertiary/aromatic N) is 3. The smallest absolute Gasteiger partial charge is 0.407 e. The Balaban J connectivity index is 0.000000150. The number of carbonyl (C=O) groups is 6. The van der Waals surface area contributed by atoms with E-state index in [1.54, 1.807) is 6.07 Å². The molecule has 14 aromatic rings. The summed E-state index contributed by atoms with van der Waals surface area (Å²) in [5.41, 5.74) is 27.7. The molecule has 0 spiro atoms. The highest BCUT2D eigenvalue weighted by Crippen LogP contribution is 2.30. The van der Waals surface area contributed by atoms with Crippen LogP contribution in [0.2, 0.25) is 0 Å². The van der Waals surface area contributed by atoms with Gasteiger partial charge in [0.15, 0.2) is 0 Å². The average molecular weight is 1450 g/mol. The van der Waals surface area contributed by atoms with Gasteiger partial charge in [0, 0.05) is 85.3 Å². The van der Waals surface area contributed by atoms with Crippen LogP contribution in [-0.2, 0) is 66.6 Å². The molecule has 0 aliphatic carbocycles. The lowest BCUT2D eigenvalue weighted by Crippen LogP contribution is -2.23. The number of nitrogens with two attached hydrogens (primary N) is 2. The van der Waals surface area contributed by atoms with E-state index in [4.69, 9.17) is 21.4 Å². The molecule has 0 saturated heterocycles. The van der Waals surface area contributed by atoms with E-state index in [2.05, 4.69) is 106 Å². The molecule has 20 heteroatoms. The van der Waals surface area contributed by atoms with E-state index in [9.17, 15) is 28.8 Å². The van der Waals surface area contributed by atoms with E-state index >= 15 is 0 Å². The second-order valence-corrected chi connectivity index (χ2v) is 25.4. The second-order valence-electron chi connectivity index (χ2n) is 25.4. The number of hydrogen-bond acceptors (Lipinski definition) is 14. The Labute approximate surface area is 631 Å². The molecule has 0 aliphatic heterocycles. The standard InChI is InChI=1S/C30H25N3O3.C28H23N3O.C21H21N3O3.C10H14N2O2/c1-36-30(35)32-19-21-12-10-20(11-13-21)18-31-29(34)26-17-28(33-27-9-5-4-8-25(26)27)24-15-14-22-6-2-3-7-23(22)16-24;29-17-19-9-11-20(12-10-19)18-30-28(32)25-16-27(31-26-8-4-3-7-24(25)26)23-14-13-21-5-1-2-6-22(21)15-23;1-14-11-18(17-5-3-4-6-19(17)24-14)20(25)22-12-15-7-9-16(10-8-15)13-23-21(26)27-2;1-14-10(13)12-7-9-4-2-8(6-11)3-5-9/h2-17H,18-19H2,1H3,(H,31,34)(H,32,35);1-16H,17-18,29H2,(H,30,32);3-11H,12-13H2,1-2H3,(H,22,25)(H,23,26);2-5H,6-7,11H2,1H3,(H,12,13). The van der Waals surface area contributed by atoms with Crippen molar-refractivity contribution in [2.75, 3.05) is 21.3 Å². The zero-order valence-electron chi connectivity index (χ0n) is 60.8. The number of benzene rings is 11. The van der Waals surface area contributed by atoms with Crippen LogP contribution in [0.1, 0.15) is 81.3 Å². The van der Waals surface area contributed by atoms with E-state index in [0.29, 0.717) is 69.0 Å². The summed E-state index contributed by atoms with van der Waals surface area (Å²) >= 11 is 0. The fraction of sp³-hybridized carbons (Fsp3) is 0.135. The Bertz CT molecular complexity index is 5530. The van der Waals surface area contributed by atoms with Crippen LogP contribution in [0.15, 0.2) is 273 Å². The van der Waals surface area contributed by atoms with Crippen molar-refractivity contribution in [2.45, 2.75) is 59.3 Å². The van der Waals surface area contributed by atoms with Gasteiger partial charge >= 0.3 is 18.3 Å². The average Bonchev–Trinajstić information content (AvgIpc) is 0.783. The van der Waals surface area contributed by atoms with Gasteiger partial charge < -0.3 is 57.6 Å². The molecular formula is C89H83N11O9. The highest BCUT2D eigenvalue weighted by atomic mass is 16.5. The lowest BCUT2D eigenvalue weighted by molar-refractivity contribution is 0.0944. The summed E-state index contributed by atoms with van der Waals surface area (Å²) in [6.07, 6.45) is -1.36. The van der Waals surface area contributed by atoms with Crippen LogP contribution in [0, 0.1) is 6.92 Å². The fourth-order valence-corrected chi connectivity index (χ4v) is 11.9. The van der Waals surface area contributed by atoms with Crippen LogP contribution in [0.25, 0.3) is 76.8 Å². The van der Waals surface area contributed by atoms with Gasteiger partial charge in [-0.05, 0) is 122 Å². The van der Waals surface area contributed by atoms with Gasteiger partial charge in [0.25, 0.3) is 17.7 Å². The maximum Gasteiger partial charge on any atom is 0.407 e. The molecule has 3 heterocycles. The van der Waals surface area contributed by atoms with Crippen LogP contribution in [0.4, 0.5) is 14.4 Å². The normalized spacial score (nSPS) is 10.6. The molecule has 0 bridgehead atoms. The Morgan fingerprint density at radius 3 is 0.872 bits per heavy atom. The minimum Gasteiger partial charge on any atom is -0.453 e. The zero-order valence-corrected chi connectivity index (χ0v) is 60.8. The second kappa shape index (κ2) is 37.8. The zero-order chi connectivity index (χ0) is 76.4. The predicted molar refractivity (Wildman–Crippen MR) is 429 cm³/mol. The SMILES string of the molecule is COC(=O)NCc1ccc(CN)cc1.COC(=O)NCc1ccc(CNC(=O)c2cc(-c3ccc4ccccc4c3)nc3ccccc23)cc1.COC(=O)NCc1ccc(CNC(=O)c2cc(C)nc3ccccc23)cc1.NCc1ccc(CNC(=O)c2cc(-c3ccc4ccccc4c3)nc3ccccc23)cc1. The molecule has 20 nitrogen and oxygen atoms in total. The number of para-hydroxylation sites is 3. The minimum atomic E-state index is -0.473.